The predicted molar refractivity (Wildman–Crippen MR) is 79.4 cm³/mol. The van der Waals surface area contributed by atoms with E-state index in [0.29, 0.717) is 0 Å². The molecule has 3 rings (SSSR count). The molecule has 0 fully saturated rings. The maximum atomic E-state index is 4.49. The van der Waals surface area contributed by atoms with Gasteiger partial charge in [-0.15, -0.1) is 0 Å². The molecule has 84 valence electrons. The second-order valence-electron chi connectivity index (χ2n) is 4.12. The summed E-state index contributed by atoms with van der Waals surface area (Å²) in [5, 5.41) is 4.74. The highest BCUT2D eigenvalue weighted by atomic mass is 127. The molecule has 0 saturated carbocycles. The van der Waals surface area contributed by atoms with Crippen molar-refractivity contribution in [1.82, 2.24) is 9.88 Å². The van der Waals surface area contributed by atoms with E-state index in [2.05, 4.69) is 69.4 Å². The number of thiol groups is 1. The van der Waals surface area contributed by atoms with E-state index < -0.39 is 0 Å². The van der Waals surface area contributed by atoms with E-state index >= 15 is 0 Å². The Morgan fingerprint density at radius 1 is 1.38 bits per heavy atom. The number of nitrogens with zero attached hydrogens (tertiary/aromatic N) is 1. The maximum absolute atomic E-state index is 4.49. The van der Waals surface area contributed by atoms with Crippen LogP contribution in [0.15, 0.2) is 24.3 Å². The SMILES string of the molecule is SC(I)c1ccc2cc3n(c2c1)CCNC3. The number of halogens is 1. The summed E-state index contributed by atoms with van der Waals surface area (Å²) in [6.07, 6.45) is 0. The zero-order chi connectivity index (χ0) is 11.1. The zero-order valence-electron chi connectivity index (χ0n) is 8.78. The minimum Gasteiger partial charge on any atom is -0.342 e. The van der Waals surface area contributed by atoms with Crippen molar-refractivity contribution >= 4 is 46.1 Å². The molecule has 0 bridgehead atoms. The van der Waals surface area contributed by atoms with Crippen molar-refractivity contribution in [3.05, 3.63) is 35.5 Å². The van der Waals surface area contributed by atoms with Gasteiger partial charge in [0.05, 0.1) is 3.26 Å². The van der Waals surface area contributed by atoms with Gasteiger partial charge in [-0.05, 0) is 23.1 Å². The Hall–Kier alpha value is -0.200. The van der Waals surface area contributed by atoms with Crippen LogP contribution in [-0.2, 0) is 13.1 Å². The quantitative estimate of drug-likeness (QED) is 0.462. The lowest BCUT2D eigenvalue weighted by Crippen LogP contribution is -2.27. The molecule has 2 heterocycles. The molecule has 0 saturated heterocycles. The third-order valence-electron chi connectivity index (χ3n) is 3.11. The lowest BCUT2D eigenvalue weighted by molar-refractivity contribution is 0.527. The van der Waals surface area contributed by atoms with Gasteiger partial charge in [-0.2, -0.15) is 12.6 Å². The van der Waals surface area contributed by atoms with Gasteiger partial charge in [0.2, 0.25) is 0 Å². The van der Waals surface area contributed by atoms with Gasteiger partial charge in [0.25, 0.3) is 0 Å². The first-order valence-electron chi connectivity index (χ1n) is 5.40. The Morgan fingerprint density at radius 3 is 3.06 bits per heavy atom. The fourth-order valence-corrected chi connectivity index (χ4v) is 2.84. The smallest absolute Gasteiger partial charge is 0.0783 e. The number of nitrogens with one attached hydrogen (secondary N) is 1. The van der Waals surface area contributed by atoms with Crippen LogP contribution in [-0.4, -0.2) is 11.1 Å². The number of benzene rings is 1. The Balaban J connectivity index is 2.21. The van der Waals surface area contributed by atoms with E-state index in [1.165, 1.54) is 22.2 Å². The van der Waals surface area contributed by atoms with Crippen LogP contribution in [0, 0.1) is 0 Å². The van der Waals surface area contributed by atoms with E-state index in [0.717, 1.165) is 19.6 Å². The number of fused-ring (bicyclic) bond motifs is 3. The summed E-state index contributed by atoms with van der Waals surface area (Å²) in [5.41, 5.74) is 4.03. The molecular formula is C12H13IN2S. The van der Waals surface area contributed by atoms with Crippen LogP contribution in [0.3, 0.4) is 0 Å². The lowest BCUT2D eigenvalue weighted by Gasteiger charge is -2.17. The normalized spacial score (nSPS) is 17.4. The molecule has 0 aliphatic carbocycles. The van der Waals surface area contributed by atoms with Crippen LogP contribution in [0.2, 0.25) is 0 Å². The standard InChI is InChI=1S/C12H13IN2S/c13-12(16)9-2-1-8-5-10-7-14-3-4-15(10)11(8)6-9/h1-2,5-6,12,14,16H,3-4,7H2. The molecule has 1 aliphatic heterocycles. The average molecular weight is 344 g/mol. The molecule has 0 amide bonds. The molecule has 1 aliphatic rings. The molecule has 4 heteroatoms. The van der Waals surface area contributed by atoms with Crippen LogP contribution in [0.25, 0.3) is 10.9 Å². The van der Waals surface area contributed by atoms with Crippen molar-refractivity contribution in [3.63, 3.8) is 0 Å². The highest BCUT2D eigenvalue weighted by Crippen LogP contribution is 2.31. The highest BCUT2D eigenvalue weighted by molar-refractivity contribution is 14.1. The number of alkyl halides is 1. The Bertz CT molecular complexity index is 533. The van der Waals surface area contributed by atoms with E-state index in [9.17, 15) is 0 Å². The van der Waals surface area contributed by atoms with Gasteiger partial charge in [-0.1, -0.05) is 34.7 Å². The number of hydrogen-bond acceptors (Lipinski definition) is 2. The molecular weight excluding hydrogens is 331 g/mol. The summed E-state index contributed by atoms with van der Waals surface area (Å²) >= 11 is 6.82. The van der Waals surface area contributed by atoms with Gasteiger partial charge in [0, 0.05) is 30.8 Å². The number of hydrogen-bond donors (Lipinski definition) is 2. The summed E-state index contributed by atoms with van der Waals surface area (Å²) in [7, 11) is 0. The number of rotatable bonds is 1. The van der Waals surface area contributed by atoms with Gasteiger partial charge < -0.3 is 9.88 Å². The Morgan fingerprint density at radius 2 is 2.25 bits per heavy atom. The fourth-order valence-electron chi connectivity index (χ4n) is 2.29. The van der Waals surface area contributed by atoms with Crippen molar-refractivity contribution in [3.8, 4) is 0 Å². The summed E-state index contributed by atoms with van der Waals surface area (Å²) < 4.78 is 2.69. The average Bonchev–Trinajstić information content (AvgIpc) is 2.66. The second kappa shape index (κ2) is 4.23. The molecule has 2 aromatic rings. The molecule has 1 aromatic heterocycles. The minimum atomic E-state index is 0.273. The summed E-state index contributed by atoms with van der Waals surface area (Å²) in [6.45, 7) is 3.12. The third kappa shape index (κ3) is 1.76. The van der Waals surface area contributed by atoms with Crippen LogP contribution >= 0.6 is 35.2 Å². The largest absolute Gasteiger partial charge is 0.342 e. The van der Waals surface area contributed by atoms with Crippen LogP contribution in [0.5, 0.6) is 0 Å². The molecule has 1 aromatic carbocycles. The summed E-state index contributed by atoms with van der Waals surface area (Å²) in [6, 6.07) is 8.93. The fraction of sp³-hybridized carbons (Fsp3) is 0.333. The van der Waals surface area contributed by atoms with Crippen LogP contribution in [0.1, 0.15) is 14.5 Å². The monoisotopic (exact) mass is 344 g/mol. The molecule has 1 atom stereocenters. The summed E-state index contributed by atoms with van der Waals surface area (Å²) in [4.78, 5) is 0. The summed E-state index contributed by atoms with van der Waals surface area (Å²) in [5.74, 6) is 0. The molecule has 0 radical (unpaired) electrons. The first-order valence-corrected chi connectivity index (χ1v) is 7.17. The Kier molecular flexibility index (Phi) is 2.89. The van der Waals surface area contributed by atoms with Crippen molar-refractivity contribution in [2.75, 3.05) is 6.54 Å². The lowest BCUT2D eigenvalue weighted by atomic mass is 10.2. The van der Waals surface area contributed by atoms with E-state index in [1.807, 2.05) is 0 Å². The molecule has 0 spiro atoms. The van der Waals surface area contributed by atoms with Gasteiger partial charge in [0.15, 0.2) is 0 Å². The first-order chi connectivity index (χ1) is 7.75. The van der Waals surface area contributed by atoms with E-state index in [4.69, 9.17) is 0 Å². The maximum Gasteiger partial charge on any atom is 0.0783 e. The van der Waals surface area contributed by atoms with Crippen molar-refractivity contribution in [2.45, 2.75) is 16.3 Å². The predicted octanol–water partition coefficient (Wildman–Crippen LogP) is 3.11. The second-order valence-corrected chi connectivity index (χ2v) is 6.87. The molecule has 16 heavy (non-hydrogen) atoms. The van der Waals surface area contributed by atoms with Crippen molar-refractivity contribution < 1.29 is 0 Å². The van der Waals surface area contributed by atoms with Crippen LogP contribution < -0.4 is 5.32 Å². The highest BCUT2D eigenvalue weighted by Gasteiger charge is 2.13. The van der Waals surface area contributed by atoms with Gasteiger partial charge >= 0.3 is 0 Å². The Labute approximate surface area is 114 Å². The van der Waals surface area contributed by atoms with Crippen molar-refractivity contribution in [1.29, 1.82) is 0 Å². The molecule has 2 nitrogen and oxygen atoms in total. The van der Waals surface area contributed by atoms with Gasteiger partial charge in [0.1, 0.15) is 0 Å². The minimum absolute atomic E-state index is 0.273. The van der Waals surface area contributed by atoms with E-state index in [-0.39, 0.29) is 3.26 Å². The third-order valence-corrected chi connectivity index (χ3v) is 4.12. The first kappa shape index (κ1) is 10.9. The molecule has 1 unspecified atom stereocenters. The molecule has 1 N–H and O–H groups in total. The van der Waals surface area contributed by atoms with Crippen LogP contribution in [0.4, 0.5) is 0 Å². The topological polar surface area (TPSA) is 17.0 Å². The zero-order valence-corrected chi connectivity index (χ0v) is 11.8. The van der Waals surface area contributed by atoms with Crippen molar-refractivity contribution in [2.24, 2.45) is 0 Å². The van der Waals surface area contributed by atoms with Gasteiger partial charge in [-0.3, -0.25) is 0 Å². The number of aromatic nitrogens is 1. The van der Waals surface area contributed by atoms with E-state index in [1.54, 1.807) is 0 Å². The van der Waals surface area contributed by atoms with Gasteiger partial charge in [-0.25, -0.2) is 0 Å².